The van der Waals surface area contributed by atoms with Crippen LogP contribution in [-0.2, 0) is 0 Å². The second kappa shape index (κ2) is 6.81. The van der Waals surface area contributed by atoms with Gasteiger partial charge in [0.05, 0.1) is 0 Å². The molecule has 3 rings (SSSR count). The number of aromatic nitrogens is 1. The Bertz CT molecular complexity index is 695. The highest BCUT2D eigenvalue weighted by Gasteiger charge is 2.25. The molecule has 1 aromatic heterocycles. The summed E-state index contributed by atoms with van der Waals surface area (Å²) >= 11 is 0. The van der Waals surface area contributed by atoms with Gasteiger partial charge in [0.15, 0.2) is 0 Å². The van der Waals surface area contributed by atoms with Crippen LogP contribution in [0.25, 0.3) is 5.69 Å². The number of rotatable bonds is 3. The first-order valence-electron chi connectivity index (χ1n) is 8.68. The standard InChI is InChI=1S/C20H27N3O/c1-15-7-8-16(2)23(15)18-11-9-17(10-12-18)20(24)22-13-5-6-19(14-22)21(3)4/h7-12,19H,5-6,13-14H2,1-4H3. The Morgan fingerprint density at radius 1 is 1.04 bits per heavy atom. The van der Waals surface area contributed by atoms with E-state index in [0.29, 0.717) is 6.04 Å². The fourth-order valence-corrected chi connectivity index (χ4v) is 3.57. The van der Waals surface area contributed by atoms with Crippen molar-refractivity contribution in [2.24, 2.45) is 0 Å². The van der Waals surface area contributed by atoms with E-state index in [-0.39, 0.29) is 5.91 Å². The molecule has 1 aliphatic heterocycles. The molecule has 128 valence electrons. The summed E-state index contributed by atoms with van der Waals surface area (Å²) in [6, 6.07) is 12.7. The number of hydrogen-bond acceptors (Lipinski definition) is 2. The number of hydrogen-bond donors (Lipinski definition) is 0. The molecule has 0 spiro atoms. The zero-order valence-corrected chi connectivity index (χ0v) is 15.1. The minimum absolute atomic E-state index is 0.147. The van der Waals surface area contributed by atoms with Crippen LogP contribution >= 0.6 is 0 Å². The average Bonchev–Trinajstić information content (AvgIpc) is 2.93. The molecule has 2 aromatic rings. The smallest absolute Gasteiger partial charge is 0.253 e. The molecule has 4 nitrogen and oxygen atoms in total. The third-order valence-electron chi connectivity index (χ3n) is 5.06. The Balaban J connectivity index is 1.77. The summed E-state index contributed by atoms with van der Waals surface area (Å²) in [5, 5.41) is 0. The highest BCUT2D eigenvalue weighted by molar-refractivity contribution is 5.94. The van der Waals surface area contributed by atoms with Crippen LogP contribution in [0.5, 0.6) is 0 Å². The van der Waals surface area contributed by atoms with Crippen LogP contribution in [0.2, 0.25) is 0 Å². The van der Waals surface area contributed by atoms with E-state index in [1.165, 1.54) is 17.8 Å². The third-order valence-corrected chi connectivity index (χ3v) is 5.06. The van der Waals surface area contributed by atoms with Crippen molar-refractivity contribution in [3.8, 4) is 5.69 Å². The van der Waals surface area contributed by atoms with E-state index in [1.807, 2.05) is 29.2 Å². The molecule has 0 radical (unpaired) electrons. The van der Waals surface area contributed by atoms with Gasteiger partial charge in [0.2, 0.25) is 0 Å². The number of benzene rings is 1. The molecule has 2 heterocycles. The van der Waals surface area contributed by atoms with Crippen molar-refractivity contribution in [1.82, 2.24) is 14.4 Å². The zero-order valence-electron chi connectivity index (χ0n) is 15.1. The molecule has 4 heteroatoms. The van der Waals surface area contributed by atoms with Gasteiger partial charge in [0.25, 0.3) is 5.91 Å². The van der Waals surface area contributed by atoms with Gasteiger partial charge in [-0.1, -0.05) is 0 Å². The van der Waals surface area contributed by atoms with Crippen molar-refractivity contribution in [3.63, 3.8) is 0 Å². The van der Waals surface area contributed by atoms with Gasteiger partial charge >= 0.3 is 0 Å². The first kappa shape index (κ1) is 16.8. The minimum atomic E-state index is 0.147. The molecule has 1 aliphatic rings. The lowest BCUT2D eigenvalue weighted by Gasteiger charge is -2.36. The Kier molecular flexibility index (Phi) is 4.76. The first-order valence-corrected chi connectivity index (χ1v) is 8.68. The predicted octanol–water partition coefficient (Wildman–Crippen LogP) is 3.26. The number of likely N-dealkylation sites (N-methyl/N-ethyl adjacent to an activating group) is 1. The zero-order chi connectivity index (χ0) is 17.3. The summed E-state index contributed by atoms with van der Waals surface area (Å²) in [6.07, 6.45) is 2.25. The Hall–Kier alpha value is -2.07. The maximum Gasteiger partial charge on any atom is 0.253 e. The highest BCUT2D eigenvalue weighted by Crippen LogP contribution is 2.20. The van der Waals surface area contributed by atoms with Crippen molar-refractivity contribution in [2.75, 3.05) is 27.2 Å². The fraction of sp³-hybridized carbons (Fsp3) is 0.450. The topological polar surface area (TPSA) is 28.5 Å². The van der Waals surface area contributed by atoms with E-state index in [2.05, 4.69) is 49.5 Å². The number of amides is 1. The van der Waals surface area contributed by atoms with Crippen molar-refractivity contribution in [2.45, 2.75) is 32.7 Å². The van der Waals surface area contributed by atoms with E-state index < -0.39 is 0 Å². The maximum absolute atomic E-state index is 12.8. The summed E-state index contributed by atoms with van der Waals surface area (Å²) in [5.74, 6) is 0.147. The summed E-state index contributed by atoms with van der Waals surface area (Å²) in [5.41, 5.74) is 4.30. The lowest BCUT2D eigenvalue weighted by atomic mass is 10.0. The van der Waals surface area contributed by atoms with Crippen molar-refractivity contribution in [1.29, 1.82) is 0 Å². The summed E-state index contributed by atoms with van der Waals surface area (Å²) < 4.78 is 2.21. The van der Waals surface area contributed by atoms with Crippen molar-refractivity contribution in [3.05, 3.63) is 53.3 Å². The van der Waals surface area contributed by atoms with E-state index in [4.69, 9.17) is 0 Å². The average molecular weight is 325 g/mol. The molecular weight excluding hydrogens is 298 g/mol. The monoisotopic (exact) mass is 325 g/mol. The molecule has 1 aromatic carbocycles. The molecule has 0 N–H and O–H groups in total. The van der Waals surface area contributed by atoms with Crippen molar-refractivity contribution >= 4 is 5.91 Å². The molecule has 0 saturated carbocycles. The molecule has 1 fully saturated rings. The molecule has 1 atom stereocenters. The van der Waals surface area contributed by atoms with Gasteiger partial charge < -0.3 is 14.4 Å². The van der Waals surface area contributed by atoms with Crippen LogP contribution in [-0.4, -0.2) is 53.5 Å². The van der Waals surface area contributed by atoms with E-state index in [1.54, 1.807) is 0 Å². The van der Waals surface area contributed by atoms with Crippen LogP contribution in [0, 0.1) is 13.8 Å². The van der Waals surface area contributed by atoms with Gasteiger partial charge in [0, 0.05) is 41.8 Å². The minimum Gasteiger partial charge on any atom is -0.337 e. The maximum atomic E-state index is 12.8. The number of carbonyl (C=O) groups excluding carboxylic acids is 1. The van der Waals surface area contributed by atoms with E-state index >= 15 is 0 Å². The van der Waals surface area contributed by atoms with Crippen molar-refractivity contribution < 1.29 is 4.79 Å². The van der Waals surface area contributed by atoms with Crippen LogP contribution in [0.3, 0.4) is 0 Å². The molecular formula is C20H27N3O. The lowest BCUT2D eigenvalue weighted by Crippen LogP contribution is -2.47. The Morgan fingerprint density at radius 2 is 1.67 bits per heavy atom. The van der Waals surface area contributed by atoms with Gasteiger partial charge in [-0.25, -0.2) is 0 Å². The van der Waals surface area contributed by atoms with Gasteiger partial charge in [0.1, 0.15) is 0 Å². The number of carbonyl (C=O) groups is 1. The quantitative estimate of drug-likeness (QED) is 0.866. The highest BCUT2D eigenvalue weighted by atomic mass is 16.2. The molecule has 1 amide bonds. The second-order valence-corrected chi connectivity index (χ2v) is 7.01. The molecule has 24 heavy (non-hydrogen) atoms. The molecule has 0 bridgehead atoms. The largest absolute Gasteiger partial charge is 0.337 e. The van der Waals surface area contributed by atoms with Crippen LogP contribution in [0.1, 0.15) is 34.6 Å². The molecule has 0 aliphatic carbocycles. The molecule has 1 saturated heterocycles. The van der Waals surface area contributed by atoms with Gasteiger partial charge in [-0.2, -0.15) is 0 Å². The van der Waals surface area contributed by atoms with Crippen LogP contribution in [0.4, 0.5) is 0 Å². The SMILES string of the molecule is Cc1ccc(C)n1-c1ccc(C(=O)N2CCCC(N(C)C)C2)cc1. The summed E-state index contributed by atoms with van der Waals surface area (Å²) in [6.45, 7) is 5.88. The molecule has 1 unspecified atom stereocenters. The van der Waals surface area contributed by atoms with E-state index in [0.717, 1.165) is 30.8 Å². The van der Waals surface area contributed by atoms with Crippen LogP contribution < -0.4 is 0 Å². The third kappa shape index (κ3) is 3.24. The second-order valence-electron chi connectivity index (χ2n) is 7.01. The number of aryl methyl sites for hydroxylation is 2. The fourth-order valence-electron chi connectivity index (χ4n) is 3.57. The van der Waals surface area contributed by atoms with Crippen LogP contribution in [0.15, 0.2) is 36.4 Å². The number of nitrogens with zero attached hydrogens (tertiary/aromatic N) is 3. The Labute approximate surface area is 144 Å². The summed E-state index contributed by atoms with van der Waals surface area (Å²) in [4.78, 5) is 17.0. The van der Waals surface area contributed by atoms with Gasteiger partial charge in [-0.3, -0.25) is 4.79 Å². The van der Waals surface area contributed by atoms with Gasteiger partial charge in [-0.15, -0.1) is 0 Å². The number of piperidine rings is 1. The summed E-state index contributed by atoms with van der Waals surface area (Å²) in [7, 11) is 4.18. The number of likely N-dealkylation sites (tertiary alicyclic amines) is 1. The van der Waals surface area contributed by atoms with E-state index in [9.17, 15) is 4.79 Å². The lowest BCUT2D eigenvalue weighted by molar-refractivity contribution is 0.0635. The first-order chi connectivity index (χ1) is 11.5. The van der Waals surface area contributed by atoms with Gasteiger partial charge in [-0.05, 0) is 77.2 Å². The predicted molar refractivity (Wildman–Crippen MR) is 97.9 cm³/mol. The Morgan fingerprint density at radius 3 is 2.25 bits per heavy atom. The normalized spacial score (nSPS) is 18.2.